The van der Waals surface area contributed by atoms with Gasteiger partial charge in [0.15, 0.2) is 5.60 Å². The van der Waals surface area contributed by atoms with Gasteiger partial charge in [-0.05, 0) is 50.8 Å². The molecule has 26 heavy (non-hydrogen) atoms. The summed E-state index contributed by atoms with van der Waals surface area (Å²) in [5.41, 5.74) is -0.832. The van der Waals surface area contributed by atoms with E-state index in [0.717, 1.165) is 51.7 Å². The maximum Gasteiger partial charge on any atom is 0.343 e. The van der Waals surface area contributed by atoms with Crippen molar-refractivity contribution in [1.29, 1.82) is 0 Å². The highest BCUT2D eigenvalue weighted by Crippen LogP contribution is 2.40. The number of nitrogens with zero attached hydrogens (tertiary/aromatic N) is 1. The average Bonchev–Trinajstić information content (AvgIpc) is 3.19. The van der Waals surface area contributed by atoms with Crippen molar-refractivity contribution in [1.82, 2.24) is 4.90 Å². The van der Waals surface area contributed by atoms with Crippen LogP contribution in [0.4, 0.5) is 0 Å². The molecule has 5 heteroatoms. The number of carbonyl (C=O) groups excluding carboxylic acids is 1. The number of aliphatic hydroxyl groups is 1. The smallest absolute Gasteiger partial charge is 0.343 e. The molecule has 1 unspecified atom stereocenters. The summed E-state index contributed by atoms with van der Waals surface area (Å²) in [6.07, 6.45) is 8.48. The van der Waals surface area contributed by atoms with Crippen LogP contribution in [0.5, 0.6) is 0 Å². The number of halogens is 1. The lowest BCUT2D eigenvalue weighted by atomic mass is 9.73. The minimum atomic E-state index is -1.50. The number of benzene rings is 1. The van der Waals surface area contributed by atoms with Crippen LogP contribution in [0.3, 0.4) is 0 Å². The molecule has 0 aromatic heterocycles. The van der Waals surface area contributed by atoms with Crippen LogP contribution in [-0.2, 0) is 15.1 Å². The third kappa shape index (κ3) is 4.99. The monoisotopic (exact) mass is 381 g/mol. The fraction of sp³-hybridized carbons (Fsp3) is 0.667. The first-order valence-electron chi connectivity index (χ1n) is 9.89. The lowest BCUT2D eigenvalue weighted by molar-refractivity contribution is -0.175. The van der Waals surface area contributed by atoms with E-state index in [-0.39, 0.29) is 18.3 Å². The van der Waals surface area contributed by atoms with Gasteiger partial charge < -0.3 is 14.7 Å². The maximum absolute atomic E-state index is 12.9. The Kier molecular flexibility index (Phi) is 8.39. The summed E-state index contributed by atoms with van der Waals surface area (Å²) in [7, 11) is 0. The SMILES string of the molecule is Cl.O=C(OCCCN1CCCC1)C(O)(c1ccccc1)C1CCCCC1. The Morgan fingerprint density at radius 3 is 2.38 bits per heavy atom. The molecule has 1 saturated heterocycles. The predicted octanol–water partition coefficient (Wildman–Crippen LogP) is 3.91. The first-order chi connectivity index (χ1) is 12.2. The molecule has 0 spiro atoms. The van der Waals surface area contributed by atoms with Crippen molar-refractivity contribution in [2.24, 2.45) is 5.92 Å². The van der Waals surface area contributed by atoms with E-state index in [2.05, 4.69) is 4.90 Å². The molecule has 2 aliphatic rings. The molecule has 1 saturated carbocycles. The molecule has 4 nitrogen and oxygen atoms in total. The molecule has 1 aromatic rings. The number of likely N-dealkylation sites (tertiary alicyclic amines) is 1. The largest absolute Gasteiger partial charge is 0.463 e. The summed E-state index contributed by atoms with van der Waals surface area (Å²) < 4.78 is 5.56. The third-order valence-electron chi connectivity index (χ3n) is 5.77. The minimum absolute atomic E-state index is 0. The Morgan fingerprint density at radius 1 is 1.08 bits per heavy atom. The summed E-state index contributed by atoms with van der Waals surface area (Å²) >= 11 is 0. The lowest BCUT2D eigenvalue weighted by Gasteiger charge is -2.36. The van der Waals surface area contributed by atoms with Gasteiger partial charge in [0.2, 0.25) is 0 Å². The number of ether oxygens (including phenoxy) is 1. The Hall–Kier alpha value is -1.10. The van der Waals surface area contributed by atoms with Crippen molar-refractivity contribution < 1.29 is 14.6 Å². The number of esters is 1. The van der Waals surface area contributed by atoms with E-state index >= 15 is 0 Å². The lowest BCUT2D eigenvalue weighted by Crippen LogP contribution is -2.45. The number of hydrogen-bond acceptors (Lipinski definition) is 4. The summed E-state index contributed by atoms with van der Waals surface area (Å²) in [6.45, 7) is 3.67. The van der Waals surface area contributed by atoms with Crippen LogP contribution in [0.1, 0.15) is 56.9 Å². The van der Waals surface area contributed by atoms with Crippen LogP contribution in [0, 0.1) is 5.92 Å². The van der Waals surface area contributed by atoms with Crippen molar-refractivity contribution in [2.75, 3.05) is 26.2 Å². The molecule has 1 aliphatic carbocycles. The average molecular weight is 382 g/mol. The first kappa shape index (κ1) is 21.2. The molecule has 2 fully saturated rings. The highest BCUT2D eigenvalue weighted by molar-refractivity contribution is 5.85. The Labute approximate surface area is 163 Å². The molecule has 146 valence electrons. The Bertz CT molecular complexity index is 541. The topological polar surface area (TPSA) is 49.8 Å². The van der Waals surface area contributed by atoms with Gasteiger partial charge in [-0.25, -0.2) is 4.79 Å². The van der Waals surface area contributed by atoms with Gasteiger partial charge in [0.1, 0.15) is 0 Å². The summed E-state index contributed by atoms with van der Waals surface area (Å²) in [5.74, 6) is -0.512. The van der Waals surface area contributed by atoms with Crippen LogP contribution in [0.25, 0.3) is 0 Å². The fourth-order valence-electron chi connectivity index (χ4n) is 4.30. The van der Waals surface area contributed by atoms with E-state index in [0.29, 0.717) is 12.2 Å². The van der Waals surface area contributed by atoms with Gasteiger partial charge in [-0.2, -0.15) is 0 Å². The first-order valence-corrected chi connectivity index (χ1v) is 9.89. The van der Waals surface area contributed by atoms with Crippen molar-refractivity contribution in [3.63, 3.8) is 0 Å². The second-order valence-corrected chi connectivity index (χ2v) is 7.51. The maximum atomic E-state index is 12.9. The number of hydrogen-bond donors (Lipinski definition) is 1. The normalized spacial score (nSPS) is 21.0. The summed E-state index contributed by atoms with van der Waals surface area (Å²) in [4.78, 5) is 15.3. The van der Waals surface area contributed by atoms with Crippen molar-refractivity contribution in [2.45, 2.75) is 57.0 Å². The van der Waals surface area contributed by atoms with E-state index in [1.54, 1.807) is 0 Å². The van der Waals surface area contributed by atoms with Gasteiger partial charge in [-0.3, -0.25) is 0 Å². The predicted molar refractivity (Wildman–Crippen MR) is 105 cm³/mol. The molecule has 1 atom stereocenters. The van der Waals surface area contributed by atoms with E-state index in [1.807, 2.05) is 30.3 Å². The zero-order valence-electron chi connectivity index (χ0n) is 15.6. The van der Waals surface area contributed by atoms with E-state index in [9.17, 15) is 9.90 Å². The van der Waals surface area contributed by atoms with Crippen molar-refractivity contribution >= 4 is 18.4 Å². The molecule has 1 aromatic carbocycles. The van der Waals surface area contributed by atoms with Crippen LogP contribution < -0.4 is 0 Å². The zero-order valence-corrected chi connectivity index (χ0v) is 16.4. The van der Waals surface area contributed by atoms with Gasteiger partial charge in [0.05, 0.1) is 6.61 Å². The third-order valence-corrected chi connectivity index (χ3v) is 5.77. The van der Waals surface area contributed by atoms with Gasteiger partial charge in [-0.15, -0.1) is 12.4 Å². The number of carbonyl (C=O) groups is 1. The van der Waals surface area contributed by atoms with Gasteiger partial charge >= 0.3 is 5.97 Å². The Balaban J connectivity index is 0.00000243. The molecule has 1 heterocycles. The number of rotatable bonds is 7. The second kappa shape index (κ2) is 10.3. The molecule has 0 amide bonds. The fourth-order valence-corrected chi connectivity index (χ4v) is 4.30. The standard InChI is InChI=1S/C21H31NO3.ClH/c23-20(25-17-9-16-22-14-7-8-15-22)21(24,18-10-3-1-4-11-18)19-12-5-2-6-13-19;/h1,3-4,10-11,19,24H,2,5-9,12-17H2;1H. The summed E-state index contributed by atoms with van der Waals surface area (Å²) in [6, 6.07) is 9.36. The second-order valence-electron chi connectivity index (χ2n) is 7.51. The molecular weight excluding hydrogens is 350 g/mol. The van der Waals surface area contributed by atoms with Gasteiger partial charge in [0, 0.05) is 12.5 Å². The highest BCUT2D eigenvalue weighted by atomic mass is 35.5. The van der Waals surface area contributed by atoms with Crippen LogP contribution >= 0.6 is 12.4 Å². The van der Waals surface area contributed by atoms with E-state index in [1.165, 1.54) is 19.3 Å². The molecule has 3 rings (SSSR count). The van der Waals surface area contributed by atoms with Gasteiger partial charge in [0.25, 0.3) is 0 Å². The van der Waals surface area contributed by atoms with E-state index in [4.69, 9.17) is 4.74 Å². The quantitative estimate of drug-likeness (QED) is 0.574. The molecule has 0 radical (unpaired) electrons. The van der Waals surface area contributed by atoms with Crippen molar-refractivity contribution in [3.05, 3.63) is 35.9 Å². The Morgan fingerprint density at radius 2 is 1.73 bits per heavy atom. The summed E-state index contributed by atoms with van der Waals surface area (Å²) in [5, 5.41) is 11.4. The van der Waals surface area contributed by atoms with Crippen LogP contribution in [-0.4, -0.2) is 42.2 Å². The zero-order chi connectivity index (χ0) is 17.5. The molecule has 1 N–H and O–H groups in total. The van der Waals surface area contributed by atoms with E-state index < -0.39 is 11.6 Å². The minimum Gasteiger partial charge on any atom is -0.463 e. The molecule has 0 bridgehead atoms. The molecular formula is C21H32ClNO3. The van der Waals surface area contributed by atoms with Crippen LogP contribution in [0.15, 0.2) is 30.3 Å². The highest BCUT2D eigenvalue weighted by Gasteiger charge is 2.47. The van der Waals surface area contributed by atoms with Crippen LogP contribution in [0.2, 0.25) is 0 Å². The van der Waals surface area contributed by atoms with Crippen molar-refractivity contribution in [3.8, 4) is 0 Å². The van der Waals surface area contributed by atoms with Gasteiger partial charge in [-0.1, -0.05) is 49.6 Å². The molecule has 1 aliphatic heterocycles.